The van der Waals surface area contributed by atoms with Gasteiger partial charge in [0, 0.05) is 0 Å². The van der Waals surface area contributed by atoms with Gasteiger partial charge in [0.2, 0.25) is 5.91 Å². The first-order valence-corrected chi connectivity index (χ1v) is 8.89. The Kier molecular flexibility index (Phi) is 5.94. The van der Waals surface area contributed by atoms with E-state index in [0.717, 1.165) is 29.9 Å². The molecule has 0 heterocycles. The highest BCUT2D eigenvalue weighted by atomic mass is 16.5. The Hall–Kier alpha value is -2.49. The molecule has 0 aromatic heterocycles. The lowest BCUT2D eigenvalue weighted by molar-refractivity contribution is -0.120. The van der Waals surface area contributed by atoms with Crippen LogP contribution in [0.2, 0.25) is 0 Å². The van der Waals surface area contributed by atoms with Crippen LogP contribution in [0.15, 0.2) is 42.5 Å². The maximum Gasteiger partial charge on any atom is 0.224 e. The Morgan fingerprint density at radius 1 is 1.08 bits per heavy atom. The molecule has 0 fully saturated rings. The predicted octanol–water partition coefficient (Wildman–Crippen LogP) is 3.31. The highest BCUT2D eigenvalue weighted by Crippen LogP contribution is 2.29. The van der Waals surface area contributed by atoms with Crippen molar-refractivity contribution in [2.24, 2.45) is 0 Å². The van der Waals surface area contributed by atoms with Crippen LogP contribution >= 0.6 is 0 Å². The Morgan fingerprint density at radius 3 is 2.68 bits per heavy atom. The van der Waals surface area contributed by atoms with E-state index in [1.807, 2.05) is 30.3 Å². The Bertz CT molecular complexity index is 710. The molecule has 1 amide bonds. The number of fused-ring (bicyclic) bond motifs is 1. The van der Waals surface area contributed by atoms with Crippen molar-refractivity contribution in [2.45, 2.75) is 32.1 Å². The van der Waals surface area contributed by atoms with Gasteiger partial charge in [-0.1, -0.05) is 24.3 Å². The van der Waals surface area contributed by atoms with E-state index >= 15 is 0 Å². The molecular formula is C21H25NO3. The molecule has 2 aromatic carbocycles. The lowest BCUT2D eigenvalue weighted by Gasteiger charge is -2.19. The molecule has 132 valence electrons. The van der Waals surface area contributed by atoms with Crippen LogP contribution < -0.4 is 14.8 Å². The monoisotopic (exact) mass is 339 g/mol. The average Bonchev–Trinajstić information content (AvgIpc) is 2.66. The number of aryl methyl sites for hydroxylation is 1. The summed E-state index contributed by atoms with van der Waals surface area (Å²) in [4.78, 5) is 12.0. The van der Waals surface area contributed by atoms with Gasteiger partial charge in [-0.25, -0.2) is 0 Å². The second-order valence-electron chi connectivity index (χ2n) is 6.32. The van der Waals surface area contributed by atoms with E-state index in [-0.39, 0.29) is 5.91 Å². The normalized spacial score (nSPS) is 13.0. The van der Waals surface area contributed by atoms with Crippen LogP contribution in [0.3, 0.4) is 0 Å². The first kappa shape index (κ1) is 17.3. The maximum atomic E-state index is 12.0. The number of methoxy groups -OCH3 is 1. The van der Waals surface area contributed by atoms with Gasteiger partial charge < -0.3 is 14.8 Å². The standard InChI is InChI=1S/C21H25NO3/c1-24-18-11-9-16(10-12-18)15-21(23)22-13-14-25-20-8-4-6-17-5-2-3-7-19(17)20/h4,6,8-12H,2-3,5,7,13-15H2,1H3,(H,22,23). The van der Waals surface area contributed by atoms with Gasteiger partial charge in [-0.2, -0.15) is 0 Å². The molecule has 25 heavy (non-hydrogen) atoms. The molecule has 0 saturated carbocycles. The first-order valence-electron chi connectivity index (χ1n) is 8.89. The summed E-state index contributed by atoms with van der Waals surface area (Å²) < 4.78 is 11.0. The summed E-state index contributed by atoms with van der Waals surface area (Å²) in [5, 5.41) is 2.91. The highest BCUT2D eigenvalue weighted by Gasteiger charge is 2.13. The topological polar surface area (TPSA) is 47.6 Å². The Morgan fingerprint density at radius 2 is 1.88 bits per heavy atom. The molecule has 0 unspecified atom stereocenters. The maximum absolute atomic E-state index is 12.0. The van der Waals surface area contributed by atoms with E-state index in [1.165, 1.54) is 24.0 Å². The van der Waals surface area contributed by atoms with Crippen LogP contribution in [0.4, 0.5) is 0 Å². The van der Waals surface area contributed by atoms with E-state index in [9.17, 15) is 4.79 Å². The lowest BCUT2D eigenvalue weighted by atomic mass is 9.91. The minimum Gasteiger partial charge on any atom is -0.497 e. The quantitative estimate of drug-likeness (QED) is 0.787. The highest BCUT2D eigenvalue weighted by molar-refractivity contribution is 5.78. The second kappa shape index (κ2) is 8.56. The zero-order valence-corrected chi connectivity index (χ0v) is 14.7. The minimum atomic E-state index is 0.00357. The van der Waals surface area contributed by atoms with Crippen LogP contribution in [0, 0.1) is 0 Å². The number of rotatable bonds is 7. The molecular weight excluding hydrogens is 314 g/mol. The van der Waals surface area contributed by atoms with Crippen LogP contribution in [-0.4, -0.2) is 26.2 Å². The number of nitrogens with one attached hydrogen (secondary N) is 1. The van der Waals surface area contributed by atoms with E-state index in [2.05, 4.69) is 17.4 Å². The van der Waals surface area contributed by atoms with Crippen molar-refractivity contribution in [3.63, 3.8) is 0 Å². The van der Waals surface area contributed by atoms with Gasteiger partial charge >= 0.3 is 0 Å². The van der Waals surface area contributed by atoms with Crippen molar-refractivity contribution in [3.05, 3.63) is 59.2 Å². The van der Waals surface area contributed by atoms with E-state index in [1.54, 1.807) is 7.11 Å². The molecule has 0 spiro atoms. The Labute approximate surface area is 149 Å². The fourth-order valence-electron chi connectivity index (χ4n) is 3.22. The molecule has 0 atom stereocenters. The summed E-state index contributed by atoms with van der Waals surface area (Å²) in [5.74, 6) is 1.77. The number of carbonyl (C=O) groups excluding carboxylic acids is 1. The third kappa shape index (κ3) is 4.75. The zero-order valence-electron chi connectivity index (χ0n) is 14.7. The Balaban J connectivity index is 1.43. The number of hydrogen-bond donors (Lipinski definition) is 1. The molecule has 0 saturated heterocycles. The molecule has 0 aliphatic heterocycles. The van der Waals surface area contributed by atoms with Gasteiger partial charge in [-0.3, -0.25) is 4.79 Å². The van der Waals surface area contributed by atoms with E-state index in [0.29, 0.717) is 19.6 Å². The molecule has 0 radical (unpaired) electrons. The summed E-state index contributed by atoms with van der Waals surface area (Å²) in [5.41, 5.74) is 3.72. The van der Waals surface area contributed by atoms with Gasteiger partial charge in [0.25, 0.3) is 0 Å². The molecule has 1 N–H and O–H groups in total. The third-order valence-electron chi connectivity index (χ3n) is 4.56. The number of carbonyl (C=O) groups is 1. The largest absolute Gasteiger partial charge is 0.497 e. The van der Waals surface area contributed by atoms with Crippen molar-refractivity contribution in [3.8, 4) is 11.5 Å². The van der Waals surface area contributed by atoms with Gasteiger partial charge in [0.15, 0.2) is 0 Å². The molecule has 3 rings (SSSR count). The second-order valence-corrected chi connectivity index (χ2v) is 6.32. The summed E-state index contributed by atoms with van der Waals surface area (Å²) in [6.07, 6.45) is 5.09. The minimum absolute atomic E-state index is 0.00357. The molecule has 1 aliphatic rings. The van der Waals surface area contributed by atoms with Crippen LogP contribution in [0.25, 0.3) is 0 Å². The van der Waals surface area contributed by atoms with Gasteiger partial charge in [0.05, 0.1) is 20.1 Å². The van der Waals surface area contributed by atoms with Gasteiger partial charge in [-0.05, 0) is 60.6 Å². The molecule has 4 heteroatoms. The fraction of sp³-hybridized carbons (Fsp3) is 0.381. The van der Waals surface area contributed by atoms with Crippen LogP contribution in [-0.2, 0) is 24.1 Å². The smallest absolute Gasteiger partial charge is 0.224 e. The summed E-state index contributed by atoms with van der Waals surface area (Å²) in [6.45, 7) is 1.00. The third-order valence-corrected chi connectivity index (χ3v) is 4.56. The number of amides is 1. The molecule has 0 bridgehead atoms. The molecule has 2 aromatic rings. The van der Waals surface area contributed by atoms with E-state index < -0.39 is 0 Å². The SMILES string of the molecule is COc1ccc(CC(=O)NCCOc2cccc3c2CCCC3)cc1. The van der Waals surface area contributed by atoms with Crippen molar-refractivity contribution < 1.29 is 14.3 Å². The van der Waals surface area contributed by atoms with Gasteiger partial charge in [-0.15, -0.1) is 0 Å². The lowest BCUT2D eigenvalue weighted by Crippen LogP contribution is -2.29. The van der Waals surface area contributed by atoms with Crippen molar-refractivity contribution in [2.75, 3.05) is 20.3 Å². The average molecular weight is 339 g/mol. The van der Waals surface area contributed by atoms with Crippen molar-refractivity contribution in [1.82, 2.24) is 5.32 Å². The summed E-state index contributed by atoms with van der Waals surface area (Å²) >= 11 is 0. The van der Waals surface area contributed by atoms with Crippen molar-refractivity contribution in [1.29, 1.82) is 0 Å². The fourth-order valence-corrected chi connectivity index (χ4v) is 3.22. The summed E-state index contributed by atoms with van der Waals surface area (Å²) in [7, 11) is 1.63. The van der Waals surface area contributed by atoms with Gasteiger partial charge in [0.1, 0.15) is 18.1 Å². The molecule has 1 aliphatic carbocycles. The number of benzene rings is 2. The zero-order chi connectivity index (χ0) is 17.5. The summed E-state index contributed by atoms with van der Waals surface area (Å²) in [6, 6.07) is 13.8. The number of ether oxygens (including phenoxy) is 2. The molecule has 4 nitrogen and oxygen atoms in total. The number of hydrogen-bond acceptors (Lipinski definition) is 3. The van der Waals surface area contributed by atoms with Crippen LogP contribution in [0.5, 0.6) is 11.5 Å². The van der Waals surface area contributed by atoms with E-state index in [4.69, 9.17) is 9.47 Å². The predicted molar refractivity (Wildman–Crippen MR) is 98.3 cm³/mol. The van der Waals surface area contributed by atoms with Crippen LogP contribution in [0.1, 0.15) is 29.5 Å². The van der Waals surface area contributed by atoms with Crippen molar-refractivity contribution >= 4 is 5.91 Å². The first-order chi connectivity index (χ1) is 12.3.